The summed E-state index contributed by atoms with van der Waals surface area (Å²) in [6.07, 6.45) is 2.09. The van der Waals surface area contributed by atoms with Crippen LogP contribution in [-0.2, 0) is 12.8 Å². The lowest BCUT2D eigenvalue weighted by atomic mass is 10.1. The van der Waals surface area contributed by atoms with Crippen molar-refractivity contribution in [2.45, 2.75) is 19.3 Å². The van der Waals surface area contributed by atoms with Gasteiger partial charge in [-0.15, -0.1) is 0 Å². The first kappa shape index (κ1) is 11.7. The summed E-state index contributed by atoms with van der Waals surface area (Å²) in [5.74, 6) is 0.971. The predicted molar refractivity (Wildman–Crippen MR) is 60.9 cm³/mol. The molecule has 5 heteroatoms. The van der Waals surface area contributed by atoms with Crippen molar-refractivity contribution in [3.8, 4) is 0 Å². The van der Waals surface area contributed by atoms with Crippen molar-refractivity contribution in [2.75, 3.05) is 6.54 Å². The van der Waals surface area contributed by atoms with Crippen LogP contribution in [0.1, 0.15) is 23.7 Å². The normalized spacial score (nSPS) is 10.7. The fourth-order valence-corrected chi connectivity index (χ4v) is 1.50. The fraction of sp³-hybridized carbons (Fsp3) is 0.333. The molecule has 0 unspecified atom stereocenters. The summed E-state index contributed by atoms with van der Waals surface area (Å²) in [7, 11) is 0. The molecule has 0 spiro atoms. The summed E-state index contributed by atoms with van der Waals surface area (Å²) >= 11 is 0. The average Bonchev–Trinajstić information content (AvgIpc) is 2.77. The van der Waals surface area contributed by atoms with E-state index in [9.17, 15) is 4.39 Å². The number of rotatable bonds is 5. The molecule has 17 heavy (non-hydrogen) atoms. The quantitative estimate of drug-likeness (QED) is 0.856. The minimum Gasteiger partial charge on any atom is -0.339 e. The Morgan fingerprint density at radius 2 is 2.00 bits per heavy atom. The Balaban J connectivity index is 1.98. The van der Waals surface area contributed by atoms with Crippen LogP contribution in [0.4, 0.5) is 4.39 Å². The highest BCUT2D eigenvalue weighted by molar-refractivity contribution is 5.19. The zero-order chi connectivity index (χ0) is 12.1. The van der Waals surface area contributed by atoms with Crippen LogP contribution in [0.15, 0.2) is 28.8 Å². The van der Waals surface area contributed by atoms with E-state index in [0.717, 1.165) is 18.4 Å². The Morgan fingerprint density at radius 1 is 1.24 bits per heavy atom. The maximum absolute atomic E-state index is 12.7. The van der Waals surface area contributed by atoms with Gasteiger partial charge < -0.3 is 10.3 Å². The SMILES string of the molecule is NCCCc1noc(Cc2ccc(F)cc2)n1. The first-order valence-corrected chi connectivity index (χ1v) is 5.54. The number of halogens is 1. The number of hydrogen-bond donors (Lipinski definition) is 1. The Bertz CT molecular complexity index is 467. The number of hydrogen-bond acceptors (Lipinski definition) is 4. The molecule has 1 aromatic heterocycles. The number of nitrogens with zero attached hydrogens (tertiary/aromatic N) is 2. The Morgan fingerprint density at radius 3 is 2.71 bits per heavy atom. The van der Waals surface area contributed by atoms with Gasteiger partial charge in [-0.1, -0.05) is 17.3 Å². The zero-order valence-electron chi connectivity index (χ0n) is 9.40. The first-order chi connectivity index (χ1) is 8.28. The van der Waals surface area contributed by atoms with Gasteiger partial charge in [-0.2, -0.15) is 4.98 Å². The monoisotopic (exact) mass is 235 g/mol. The fourth-order valence-electron chi connectivity index (χ4n) is 1.50. The van der Waals surface area contributed by atoms with Gasteiger partial charge in [0, 0.05) is 6.42 Å². The minimum atomic E-state index is -0.247. The van der Waals surface area contributed by atoms with E-state index in [1.165, 1.54) is 12.1 Å². The molecule has 0 aliphatic heterocycles. The van der Waals surface area contributed by atoms with Crippen LogP contribution in [0.2, 0.25) is 0 Å². The molecule has 1 heterocycles. The molecule has 90 valence electrons. The van der Waals surface area contributed by atoms with Gasteiger partial charge in [-0.25, -0.2) is 4.39 Å². The predicted octanol–water partition coefficient (Wildman–Crippen LogP) is 1.69. The molecular weight excluding hydrogens is 221 g/mol. The molecule has 0 saturated heterocycles. The van der Waals surface area contributed by atoms with Crippen LogP contribution >= 0.6 is 0 Å². The topological polar surface area (TPSA) is 64.9 Å². The summed E-state index contributed by atoms with van der Waals surface area (Å²) < 4.78 is 17.8. The van der Waals surface area contributed by atoms with Crippen molar-refractivity contribution in [2.24, 2.45) is 5.73 Å². The van der Waals surface area contributed by atoms with E-state index < -0.39 is 0 Å². The van der Waals surface area contributed by atoms with Crippen molar-refractivity contribution >= 4 is 0 Å². The molecule has 0 saturated carbocycles. The summed E-state index contributed by atoms with van der Waals surface area (Å²) in [4.78, 5) is 4.24. The minimum absolute atomic E-state index is 0.247. The van der Waals surface area contributed by atoms with Gasteiger partial charge in [-0.3, -0.25) is 0 Å². The van der Waals surface area contributed by atoms with Gasteiger partial charge in [-0.05, 0) is 30.7 Å². The molecule has 0 amide bonds. The standard InChI is InChI=1S/C12H14FN3O/c13-10-5-3-9(4-6-10)8-12-15-11(16-17-12)2-1-7-14/h3-6H,1-2,7-8,14H2. The molecule has 2 rings (SSSR count). The van der Waals surface area contributed by atoms with Crippen LogP contribution in [0.5, 0.6) is 0 Å². The largest absolute Gasteiger partial charge is 0.339 e. The van der Waals surface area contributed by atoms with E-state index >= 15 is 0 Å². The van der Waals surface area contributed by atoms with E-state index in [4.69, 9.17) is 10.3 Å². The second kappa shape index (κ2) is 5.54. The third-order valence-corrected chi connectivity index (χ3v) is 2.38. The molecule has 4 nitrogen and oxygen atoms in total. The molecule has 0 radical (unpaired) electrons. The molecule has 2 aromatic rings. The molecule has 2 N–H and O–H groups in total. The van der Waals surface area contributed by atoms with Crippen LogP contribution in [0.25, 0.3) is 0 Å². The van der Waals surface area contributed by atoms with Crippen LogP contribution in [0.3, 0.4) is 0 Å². The number of nitrogens with two attached hydrogens (primary N) is 1. The van der Waals surface area contributed by atoms with E-state index in [2.05, 4.69) is 10.1 Å². The van der Waals surface area contributed by atoms with Crippen molar-refractivity contribution in [1.29, 1.82) is 0 Å². The Hall–Kier alpha value is -1.75. The second-order valence-electron chi connectivity index (χ2n) is 3.80. The van der Waals surface area contributed by atoms with Gasteiger partial charge in [0.1, 0.15) is 5.82 Å². The molecular formula is C12H14FN3O. The molecule has 0 bridgehead atoms. The average molecular weight is 235 g/mol. The highest BCUT2D eigenvalue weighted by Gasteiger charge is 2.06. The maximum Gasteiger partial charge on any atom is 0.231 e. The number of benzene rings is 1. The van der Waals surface area contributed by atoms with E-state index in [1.54, 1.807) is 12.1 Å². The Kier molecular flexibility index (Phi) is 3.82. The zero-order valence-corrected chi connectivity index (χ0v) is 9.40. The molecule has 0 aliphatic rings. The highest BCUT2D eigenvalue weighted by Crippen LogP contribution is 2.09. The lowest BCUT2D eigenvalue weighted by molar-refractivity contribution is 0.379. The smallest absolute Gasteiger partial charge is 0.231 e. The molecule has 0 aliphatic carbocycles. The maximum atomic E-state index is 12.7. The third-order valence-electron chi connectivity index (χ3n) is 2.38. The lowest BCUT2D eigenvalue weighted by Gasteiger charge is -1.95. The Labute approximate surface area is 98.6 Å². The number of aromatic nitrogens is 2. The lowest BCUT2D eigenvalue weighted by Crippen LogP contribution is -2.01. The molecule has 1 aromatic carbocycles. The van der Waals surface area contributed by atoms with Gasteiger partial charge in [0.2, 0.25) is 5.89 Å². The summed E-state index contributed by atoms with van der Waals surface area (Å²) in [6.45, 7) is 0.613. The van der Waals surface area contributed by atoms with Gasteiger partial charge in [0.15, 0.2) is 5.82 Å². The van der Waals surface area contributed by atoms with E-state index in [0.29, 0.717) is 24.7 Å². The van der Waals surface area contributed by atoms with Crippen molar-refractivity contribution in [3.63, 3.8) is 0 Å². The van der Waals surface area contributed by atoms with Crippen LogP contribution in [0, 0.1) is 5.82 Å². The first-order valence-electron chi connectivity index (χ1n) is 5.54. The van der Waals surface area contributed by atoms with Crippen molar-refractivity contribution < 1.29 is 8.91 Å². The summed E-state index contributed by atoms with van der Waals surface area (Å²) in [5, 5.41) is 3.85. The number of aryl methyl sites for hydroxylation is 1. The van der Waals surface area contributed by atoms with Crippen LogP contribution in [-0.4, -0.2) is 16.7 Å². The van der Waals surface area contributed by atoms with Gasteiger partial charge in [0.25, 0.3) is 0 Å². The third kappa shape index (κ3) is 3.35. The van der Waals surface area contributed by atoms with Crippen molar-refractivity contribution in [3.05, 3.63) is 47.4 Å². The second-order valence-corrected chi connectivity index (χ2v) is 3.80. The van der Waals surface area contributed by atoms with E-state index in [1.807, 2.05) is 0 Å². The van der Waals surface area contributed by atoms with Gasteiger partial charge >= 0.3 is 0 Å². The molecule has 0 fully saturated rings. The molecule has 0 atom stereocenters. The van der Waals surface area contributed by atoms with Crippen LogP contribution < -0.4 is 5.73 Å². The van der Waals surface area contributed by atoms with Gasteiger partial charge in [0.05, 0.1) is 6.42 Å². The van der Waals surface area contributed by atoms with Crippen molar-refractivity contribution in [1.82, 2.24) is 10.1 Å². The summed E-state index contributed by atoms with van der Waals surface area (Å²) in [5.41, 5.74) is 6.34. The highest BCUT2D eigenvalue weighted by atomic mass is 19.1. The summed E-state index contributed by atoms with van der Waals surface area (Å²) in [6, 6.07) is 6.25. The van der Waals surface area contributed by atoms with E-state index in [-0.39, 0.29) is 5.82 Å².